The van der Waals surface area contributed by atoms with E-state index in [4.69, 9.17) is 4.74 Å². The number of alkyl halides is 3. The summed E-state index contributed by atoms with van der Waals surface area (Å²) in [6, 6.07) is 8.26. The minimum atomic E-state index is -4.54. The van der Waals surface area contributed by atoms with Crippen LogP contribution in [0.25, 0.3) is 0 Å². The molecule has 3 rings (SSSR count). The van der Waals surface area contributed by atoms with Crippen molar-refractivity contribution < 1.29 is 31.4 Å². The zero-order chi connectivity index (χ0) is 18.9. The molecule has 1 atom stereocenters. The quantitative estimate of drug-likeness (QED) is 0.827. The second-order valence-corrected chi connectivity index (χ2v) is 7.62. The number of rotatable bonds is 5. The fourth-order valence-corrected chi connectivity index (χ4v) is 3.67. The Morgan fingerprint density at radius 1 is 1.15 bits per heavy atom. The first-order valence-corrected chi connectivity index (χ1v) is 9.26. The van der Waals surface area contributed by atoms with Crippen molar-refractivity contribution in [3.8, 4) is 5.75 Å². The molecule has 1 unspecified atom stereocenters. The molecule has 0 aromatic heterocycles. The molecular formula is C17H16F3NO4S. The average Bonchev–Trinajstić information content (AvgIpc) is 3.07. The third-order valence-corrected chi connectivity index (χ3v) is 5.50. The van der Waals surface area contributed by atoms with Gasteiger partial charge in [0.2, 0.25) is 10.0 Å². The summed E-state index contributed by atoms with van der Waals surface area (Å²) in [6.45, 7) is 0.262. The Bertz CT molecular complexity index is 895. The molecule has 2 aromatic carbocycles. The van der Waals surface area contributed by atoms with Gasteiger partial charge in [-0.15, -0.1) is 0 Å². The van der Waals surface area contributed by atoms with Gasteiger partial charge in [-0.2, -0.15) is 13.2 Å². The number of aliphatic hydroxyl groups excluding tert-OH is 1. The standard InChI is InChI=1S/C17H16F3NO4S/c18-17(19,20)13-2-4-14(5-3-13)26(23,24)21-10-15(22)11-1-6-16-12(9-11)7-8-25-16/h1-6,9,15,21-22H,7-8,10H2. The van der Waals surface area contributed by atoms with Crippen LogP contribution in [0.15, 0.2) is 47.4 Å². The number of aliphatic hydroxyl groups is 1. The van der Waals surface area contributed by atoms with Gasteiger partial charge in [-0.25, -0.2) is 13.1 Å². The first-order valence-electron chi connectivity index (χ1n) is 7.77. The van der Waals surface area contributed by atoms with E-state index in [0.717, 1.165) is 23.4 Å². The van der Waals surface area contributed by atoms with Gasteiger partial charge in [-0.1, -0.05) is 6.07 Å². The summed E-state index contributed by atoms with van der Waals surface area (Å²) < 4.78 is 69.6. The van der Waals surface area contributed by atoms with Crippen LogP contribution in [0.3, 0.4) is 0 Å². The van der Waals surface area contributed by atoms with E-state index in [0.29, 0.717) is 30.7 Å². The van der Waals surface area contributed by atoms with Crippen molar-refractivity contribution in [3.63, 3.8) is 0 Å². The topological polar surface area (TPSA) is 75.6 Å². The van der Waals surface area contributed by atoms with Gasteiger partial charge < -0.3 is 9.84 Å². The molecule has 0 fully saturated rings. The molecule has 1 aliphatic heterocycles. The predicted octanol–water partition coefficient (Wildman–Crippen LogP) is 2.65. The molecule has 0 saturated carbocycles. The van der Waals surface area contributed by atoms with Gasteiger partial charge in [0.1, 0.15) is 5.75 Å². The molecule has 2 aromatic rings. The molecule has 0 aliphatic carbocycles. The van der Waals surface area contributed by atoms with E-state index >= 15 is 0 Å². The maximum absolute atomic E-state index is 12.5. The lowest BCUT2D eigenvalue weighted by Crippen LogP contribution is -2.28. The third kappa shape index (κ3) is 4.00. The number of sulfonamides is 1. The fraction of sp³-hybridized carbons (Fsp3) is 0.294. The zero-order valence-corrected chi connectivity index (χ0v) is 14.3. The van der Waals surface area contributed by atoms with Crippen molar-refractivity contribution in [2.45, 2.75) is 23.6 Å². The SMILES string of the molecule is O=S(=O)(NCC(O)c1ccc2c(c1)CCO2)c1ccc(C(F)(F)F)cc1. The summed E-state index contributed by atoms with van der Waals surface area (Å²) in [5, 5.41) is 10.2. The zero-order valence-electron chi connectivity index (χ0n) is 13.5. The minimum Gasteiger partial charge on any atom is -0.493 e. The molecule has 0 amide bonds. The second-order valence-electron chi connectivity index (χ2n) is 5.86. The van der Waals surface area contributed by atoms with Crippen LogP contribution in [0.4, 0.5) is 13.2 Å². The average molecular weight is 387 g/mol. The Kier molecular flexibility index (Phi) is 4.96. The van der Waals surface area contributed by atoms with Crippen molar-refractivity contribution in [1.29, 1.82) is 0 Å². The van der Waals surface area contributed by atoms with Crippen LogP contribution in [-0.4, -0.2) is 26.7 Å². The molecule has 0 bridgehead atoms. The lowest BCUT2D eigenvalue weighted by molar-refractivity contribution is -0.137. The van der Waals surface area contributed by atoms with E-state index in [1.165, 1.54) is 0 Å². The van der Waals surface area contributed by atoms with Gasteiger partial charge in [0.25, 0.3) is 0 Å². The Balaban J connectivity index is 1.68. The van der Waals surface area contributed by atoms with Crippen LogP contribution in [0.1, 0.15) is 22.8 Å². The van der Waals surface area contributed by atoms with Crippen LogP contribution in [0, 0.1) is 0 Å². The molecule has 140 valence electrons. The molecular weight excluding hydrogens is 371 g/mol. The van der Waals surface area contributed by atoms with Gasteiger partial charge in [-0.3, -0.25) is 0 Å². The van der Waals surface area contributed by atoms with Crippen molar-refractivity contribution in [1.82, 2.24) is 4.72 Å². The van der Waals surface area contributed by atoms with E-state index in [1.54, 1.807) is 18.2 Å². The lowest BCUT2D eigenvalue weighted by atomic mass is 10.0. The summed E-state index contributed by atoms with van der Waals surface area (Å²) in [5.41, 5.74) is 0.536. The van der Waals surface area contributed by atoms with Crippen LogP contribution in [0.5, 0.6) is 5.75 Å². The number of ether oxygens (including phenoxy) is 1. The van der Waals surface area contributed by atoms with Gasteiger partial charge in [0, 0.05) is 13.0 Å². The van der Waals surface area contributed by atoms with E-state index in [1.807, 2.05) is 0 Å². The Morgan fingerprint density at radius 2 is 1.85 bits per heavy atom. The Morgan fingerprint density at radius 3 is 2.50 bits per heavy atom. The van der Waals surface area contributed by atoms with Crippen molar-refractivity contribution in [3.05, 3.63) is 59.2 Å². The highest BCUT2D eigenvalue weighted by molar-refractivity contribution is 7.89. The number of benzene rings is 2. The molecule has 0 spiro atoms. The minimum absolute atomic E-state index is 0.303. The van der Waals surface area contributed by atoms with Crippen LogP contribution >= 0.6 is 0 Å². The lowest BCUT2D eigenvalue weighted by Gasteiger charge is -2.14. The third-order valence-electron chi connectivity index (χ3n) is 4.06. The van der Waals surface area contributed by atoms with E-state index in [2.05, 4.69) is 4.72 Å². The highest BCUT2D eigenvalue weighted by Crippen LogP contribution is 2.30. The van der Waals surface area contributed by atoms with Gasteiger partial charge in [0.05, 0.1) is 23.2 Å². The van der Waals surface area contributed by atoms with E-state index in [9.17, 15) is 26.7 Å². The monoisotopic (exact) mass is 387 g/mol. The maximum atomic E-state index is 12.5. The first kappa shape index (κ1) is 18.7. The fourth-order valence-electron chi connectivity index (χ4n) is 2.63. The summed E-state index contributed by atoms with van der Waals surface area (Å²) in [4.78, 5) is -0.306. The highest BCUT2D eigenvalue weighted by Gasteiger charge is 2.30. The summed E-state index contributed by atoms with van der Waals surface area (Å²) >= 11 is 0. The number of nitrogens with one attached hydrogen (secondary N) is 1. The Labute approximate surface area is 148 Å². The predicted molar refractivity (Wildman–Crippen MR) is 87.2 cm³/mol. The summed E-state index contributed by atoms with van der Waals surface area (Å²) in [5.74, 6) is 0.742. The van der Waals surface area contributed by atoms with Crippen LogP contribution in [0.2, 0.25) is 0 Å². The van der Waals surface area contributed by atoms with Crippen LogP contribution in [-0.2, 0) is 22.6 Å². The van der Waals surface area contributed by atoms with Gasteiger partial charge in [0.15, 0.2) is 0 Å². The summed E-state index contributed by atoms with van der Waals surface area (Å²) in [6.07, 6.45) is -4.92. The molecule has 26 heavy (non-hydrogen) atoms. The first-order chi connectivity index (χ1) is 12.2. The van der Waals surface area contributed by atoms with Crippen molar-refractivity contribution >= 4 is 10.0 Å². The van der Waals surface area contributed by atoms with Crippen LogP contribution < -0.4 is 9.46 Å². The van der Waals surface area contributed by atoms with Gasteiger partial charge >= 0.3 is 6.18 Å². The van der Waals surface area contributed by atoms with E-state index in [-0.39, 0.29) is 11.4 Å². The number of hydrogen-bond donors (Lipinski definition) is 2. The summed E-state index contributed by atoms with van der Waals surface area (Å²) in [7, 11) is -4.04. The van der Waals surface area contributed by atoms with Crippen molar-refractivity contribution in [2.75, 3.05) is 13.2 Å². The molecule has 2 N–H and O–H groups in total. The van der Waals surface area contributed by atoms with E-state index < -0.39 is 27.9 Å². The Hall–Kier alpha value is -2.10. The molecule has 5 nitrogen and oxygen atoms in total. The molecule has 0 saturated heterocycles. The number of hydrogen-bond acceptors (Lipinski definition) is 4. The normalized spacial score (nSPS) is 15.4. The molecule has 1 aliphatic rings. The van der Waals surface area contributed by atoms with Gasteiger partial charge in [-0.05, 0) is 47.5 Å². The number of halogens is 3. The second kappa shape index (κ2) is 6.90. The molecule has 1 heterocycles. The number of fused-ring (bicyclic) bond motifs is 1. The molecule has 0 radical (unpaired) electrons. The van der Waals surface area contributed by atoms with Crippen molar-refractivity contribution in [2.24, 2.45) is 0 Å². The maximum Gasteiger partial charge on any atom is 0.416 e. The largest absolute Gasteiger partial charge is 0.493 e. The smallest absolute Gasteiger partial charge is 0.416 e. The highest BCUT2D eigenvalue weighted by atomic mass is 32.2. The molecule has 9 heteroatoms.